The molecule has 31 heavy (non-hydrogen) atoms. The minimum absolute atomic E-state index is 0.0189. The molecule has 1 aromatic heterocycles. The molecule has 8 heteroatoms. The van der Waals surface area contributed by atoms with Crippen LogP contribution in [0.2, 0.25) is 0 Å². The number of ether oxygens (including phenoxy) is 1. The lowest BCUT2D eigenvalue weighted by Crippen LogP contribution is -2.39. The number of aromatic nitrogens is 1. The van der Waals surface area contributed by atoms with E-state index in [1.807, 2.05) is 45.9 Å². The number of amides is 1. The van der Waals surface area contributed by atoms with E-state index in [1.54, 1.807) is 0 Å². The van der Waals surface area contributed by atoms with Gasteiger partial charge in [0, 0.05) is 25.7 Å². The Morgan fingerprint density at radius 1 is 1.23 bits per heavy atom. The predicted molar refractivity (Wildman–Crippen MR) is 119 cm³/mol. The van der Waals surface area contributed by atoms with E-state index in [9.17, 15) is 14.7 Å². The molecule has 0 saturated carbocycles. The van der Waals surface area contributed by atoms with Crippen LogP contribution in [0.4, 0.5) is 4.79 Å². The number of rotatable bonds is 11. The first kappa shape index (κ1) is 24.5. The van der Waals surface area contributed by atoms with Gasteiger partial charge in [-0.2, -0.15) is 0 Å². The number of nitrogens with one attached hydrogen (secondary N) is 1. The Bertz CT molecular complexity index is 854. The monoisotopic (exact) mass is 433 g/mol. The number of carbonyl (C=O) groups is 1. The average molecular weight is 434 g/mol. The second kappa shape index (κ2) is 11.6. The normalized spacial score (nSPS) is 12.7. The van der Waals surface area contributed by atoms with E-state index in [0.29, 0.717) is 6.54 Å². The summed E-state index contributed by atoms with van der Waals surface area (Å²) in [5, 5.41) is 12.5. The molecule has 1 amide bonds. The van der Waals surface area contributed by atoms with E-state index in [4.69, 9.17) is 4.74 Å². The molecular weight excluding hydrogens is 398 g/mol. The van der Waals surface area contributed by atoms with Gasteiger partial charge in [-0.3, -0.25) is 4.90 Å². The third kappa shape index (κ3) is 9.29. The Labute approximate surface area is 183 Å². The molecule has 2 aromatic rings. The molecule has 0 aliphatic rings. The largest absolute Gasteiger partial charge is 0.492 e. The molecule has 1 aromatic carbocycles. The van der Waals surface area contributed by atoms with Crippen LogP contribution >= 0.6 is 0 Å². The second-order valence-electron chi connectivity index (χ2n) is 8.82. The van der Waals surface area contributed by atoms with Crippen LogP contribution in [0.25, 0.3) is 0 Å². The molecule has 8 nitrogen and oxygen atoms in total. The highest BCUT2D eigenvalue weighted by molar-refractivity contribution is 5.68. The van der Waals surface area contributed by atoms with Gasteiger partial charge in [-0.25, -0.2) is 14.2 Å². The van der Waals surface area contributed by atoms with Crippen LogP contribution in [0.1, 0.15) is 52.5 Å². The van der Waals surface area contributed by atoms with Crippen molar-refractivity contribution >= 4 is 6.09 Å². The van der Waals surface area contributed by atoms with E-state index >= 15 is 0 Å². The highest BCUT2D eigenvalue weighted by Gasteiger charge is 2.18. The summed E-state index contributed by atoms with van der Waals surface area (Å²) in [4.78, 5) is 25.9. The van der Waals surface area contributed by atoms with Gasteiger partial charge in [0.2, 0.25) is 5.88 Å². The molecule has 2 N–H and O–H groups in total. The number of alkyl carbamates (subject to hydrolysis) is 1. The Morgan fingerprint density at radius 3 is 2.55 bits per heavy atom. The molecule has 1 atom stereocenters. The highest BCUT2D eigenvalue weighted by atomic mass is 16.6. The summed E-state index contributed by atoms with van der Waals surface area (Å²) in [6.45, 7) is 10.4. The van der Waals surface area contributed by atoms with Gasteiger partial charge in [-0.15, -0.1) is 0 Å². The summed E-state index contributed by atoms with van der Waals surface area (Å²) >= 11 is 0. The number of aromatic hydroxyl groups is 1. The first-order valence-electron chi connectivity index (χ1n) is 10.8. The number of hydrogen-bond donors (Lipinski definition) is 2. The number of hydrogen-bond acceptors (Lipinski definition) is 6. The second-order valence-corrected chi connectivity index (χ2v) is 8.82. The Kier molecular flexibility index (Phi) is 9.18. The van der Waals surface area contributed by atoms with Crippen LogP contribution in [-0.4, -0.2) is 45.4 Å². The summed E-state index contributed by atoms with van der Waals surface area (Å²) in [5.41, 5.74) is 0.702. The maximum absolute atomic E-state index is 12.0. The summed E-state index contributed by atoms with van der Waals surface area (Å²) < 4.78 is 11.2. The Balaban J connectivity index is 1.84. The number of oxazole rings is 1. The van der Waals surface area contributed by atoms with E-state index in [2.05, 4.69) is 26.8 Å². The molecule has 0 spiro atoms. The number of benzene rings is 1. The molecule has 0 aliphatic carbocycles. The maximum Gasteiger partial charge on any atom is 0.421 e. The summed E-state index contributed by atoms with van der Waals surface area (Å²) in [7, 11) is 0. The third-order valence-corrected chi connectivity index (χ3v) is 4.76. The molecule has 172 valence electrons. The number of nitrogens with zero attached hydrogens (tertiary/aromatic N) is 2. The topological polar surface area (TPSA) is 96.9 Å². The Morgan fingerprint density at radius 2 is 1.94 bits per heavy atom. The van der Waals surface area contributed by atoms with E-state index < -0.39 is 17.5 Å². The lowest BCUT2D eigenvalue weighted by atomic mass is 10.1. The van der Waals surface area contributed by atoms with Gasteiger partial charge in [0.25, 0.3) is 0 Å². The van der Waals surface area contributed by atoms with Crippen molar-refractivity contribution in [1.82, 2.24) is 14.8 Å². The molecule has 0 radical (unpaired) electrons. The molecule has 0 bridgehead atoms. The van der Waals surface area contributed by atoms with Crippen LogP contribution in [0, 0.1) is 0 Å². The van der Waals surface area contributed by atoms with Gasteiger partial charge >= 0.3 is 11.8 Å². The third-order valence-electron chi connectivity index (χ3n) is 4.76. The number of carbonyl (C=O) groups excluding carboxylic acids is 1. The van der Waals surface area contributed by atoms with Crippen molar-refractivity contribution in [2.75, 3.05) is 13.1 Å². The van der Waals surface area contributed by atoms with Gasteiger partial charge in [0.15, 0.2) is 6.26 Å². The maximum atomic E-state index is 12.0. The van der Waals surface area contributed by atoms with Crippen molar-refractivity contribution in [2.45, 2.75) is 71.7 Å². The van der Waals surface area contributed by atoms with Crippen molar-refractivity contribution in [3.63, 3.8) is 0 Å². The quantitative estimate of drug-likeness (QED) is 0.524. The molecule has 1 heterocycles. The summed E-state index contributed by atoms with van der Waals surface area (Å²) in [6, 6.07) is 10.2. The standard InChI is InChI=1S/C23H35N3O5/c1-18(24-21(28)31-23(2,3)4)12-15-25(16-19-10-6-5-7-11-19)13-8-9-14-26-20(27)17-30-22(26)29/h5-7,10-11,17-18,27H,8-9,12-16H2,1-4H3,(H,24,28)/t18-/m1/s1. The average Bonchev–Trinajstić information content (AvgIpc) is 3.00. The van der Waals surface area contributed by atoms with Crippen molar-refractivity contribution < 1.29 is 19.1 Å². The smallest absolute Gasteiger partial charge is 0.421 e. The zero-order chi connectivity index (χ0) is 22.9. The lowest BCUT2D eigenvalue weighted by molar-refractivity contribution is 0.0503. The minimum atomic E-state index is -0.541. The first-order chi connectivity index (χ1) is 14.6. The fraction of sp³-hybridized carbons (Fsp3) is 0.565. The molecule has 0 fully saturated rings. The predicted octanol–water partition coefficient (Wildman–Crippen LogP) is 3.73. The van der Waals surface area contributed by atoms with Crippen molar-refractivity contribution in [3.8, 4) is 5.88 Å². The molecule has 0 saturated heterocycles. The van der Waals surface area contributed by atoms with Gasteiger partial charge in [-0.1, -0.05) is 30.3 Å². The van der Waals surface area contributed by atoms with Gasteiger partial charge < -0.3 is 19.6 Å². The summed E-state index contributed by atoms with van der Waals surface area (Å²) in [6.07, 6.45) is 3.04. The molecule has 2 rings (SSSR count). The van der Waals surface area contributed by atoms with Gasteiger partial charge in [0.1, 0.15) is 5.60 Å². The zero-order valence-electron chi connectivity index (χ0n) is 19.0. The highest BCUT2D eigenvalue weighted by Crippen LogP contribution is 2.11. The van der Waals surface area contributed by atoms with Crippen molar-refractivity contribution in [1.29, 1.82) is 0 Å². The van der Waals surface area contributed by atoms with Gasteiger partial charge in [-0.05, 0) is 59.1 Å². The van der Waals surface area contributed by atoms with Crippen LogP contribution < -0.4 is 11.1 Å². The van der Waals surface area contributed by atoms with Crippen molar-refractivity contribution in [3.05, 3.63) is 52.7 Å². The fourth-order valence-corrected chi connectivity index (χ4v) is 3.20. The molecule has 0 aliphatic heterocycles. The molecular formula is C23H35N3O5. The van der Waals surface area contributed by atoms with Gasteiger partial charge in [0.05, 0.1) is 0 Å². The van der Waals surface area contributed by atoms with E-state index in [0.717, 1.165) is 45.2 Å². The zero-order valence-corrected chi connectivity index (χ0v) is 19.0. The van der Waals surface area contributed by atoms with Crippen LogP contribution in [0.15, 0.2) is 45.8 Å². The van der Waals surface area contributed by atoms with E-state index in [-0.39, 0.29) is 11.9 Å². The molecule has 0 unspecified atom stereocenters. The summed E-state index contributed by atoms with van der Waals surface area (Å²) in [5.74, 6) is -0.686. The first-order valence-corrected chi connectivity index (χ1v) is 10.8. The fourth-order valence-electron chi connectivity index (χ4n) is 3.20. The van der Waals surface area contributed by atoms with Crippen LogP contribution in [0.5, 0.6) is 5.88 Å². The van der Waals surface area contributed by atoms with Crippen LogP contribution in [-0.2, 0) is 17.8 Å². The lowest BCUT2D eigenvalue weighted by Gasteiger charge is -2.25. The minimum Gasteiger partial charge on any atom is -0.492 e. The van der Waals surface area contributed by atoms with Crippen molar-refractivity contribution in [2.24, 2.45) is 0 Å². The van der Waals surface area contributed by atoms with E-state index in [1.165, 1.54) is 10.1 Å². The van der Waals surface area contributed by atoms with Crippen LogP contribution in [0.3, 0.4) is 0 Å². The SMILES string of the molecule is C[C@H](CCN(CCCCn1c(O)coc1=O)Cc1ccccc1)NC(=O)OC(C)(C)C. The number of unbranched alkanes of at least 4 members (excludes halogenated alkanes) is 1. The Hall–Kier alpha value is -2.74.